The average Bonchev–Trinajstić information content (AvgIpc) is 2.83. The molecule has 3 N–H and O–H groups in total. The van der Waals surface area contributed by atoms with Crippen LogP contribution in [0.3, 0.4) is 0 Å². The Hall–Kier alpha value is -2.69. The van der Waals surface area contributed by atoms with Gasteiger partial charge in [-0.05, 0) is 19.1 Å². The van der Waals surface area contributed by atoms with Gasteiger partial charge in [-0.1, -0.05) is 12.1 Å². The maximum atomic E-state index is 10.3. The molecule has 1 aromatic heterocycles. The highest BCUT2D eigenvalue weighted by Gasteiger charge is 2.43. The quantitative estimate of drug-likeness (QED) is 0.769. The number of rotatable bonds is 4. The summed E-state index contributed by atoms with van der Waals surface area (Å²) in [6.07, 6.45) is -0.857. The maximum absolute atomic E-state index is 10.3. The van der Waals surface area contributed by atoms with Gasteiger partial charge in [-0.15, -0.1) is 0 Å². The maximum Gasteiger partial charge on any atom is 0.137 e. The predicted octanol–water partition coefficient (Wildman–Crippen LogP) is 1.01. The molecule has 0 amide bonds. The highest BCUT2D eigenvalue weighted by Crippen LogP contribution is 2.29. The lowest BCUT2D eigenvalue weighted by molar-refractivity contribution is -0.0105. The van der Waals surface area contributed by atoms with Crippen LogP contribution in [0.1, 0.15) is 17.7 Å². The van der Waals surface area contributed by atoms with Crippen LogP contribution >= 0.6 is 0 Å². The van der Waals surface area contributed by atoms with Gasteiger partial charge in [-0.25, -0.2) is 9.97 Å². The third kappa shape index (κ3) is 3.30. The molecule has 1 aromatic carbocycles. The summed E-state index contributed by atoms with van der Waals surface area (Å²) in [7, 11) is 0. The van der Waals surface area contributed by atoms with Gasteiger partial charge in [-0.3, -0.25) is 0 Å². The minimum Gasteiger partial charge on any atom is -0.486 e. The number of hydrogen-bond donors (Lipinski definition) is 3. The van der Waals surface area contributed by atoms with Crippen LogP contribution in [-0.2, 0) is 0 Å². The Morgan fingerprint density at radius 2 is 2.04 bits per heavy atom. The van der Waals surface area contributed by atoms with E-state index in [1.54, 1.807) is 30.3 Å². The summed E-state index contributed by atoms with van der Waals surface area (Å²) >= 11 is 0. The lowest BCUT2D eigenvalue weighted by Gasteiger charge is -2.19. The van der Waals surface area contributed by atoms with Crippen LogP contribution < -0.4 is 10.1 Å². The zero-order valence-electron chi connectivity index (χ0n) is 13.1. The van der Waals surface area contributed by atoms with Crippen molar-refractivity contribution in [2.75, 3.05) is 5.32 Å². The molecular formula is C17H18N4O3. The fourth-order valence-corrected chi connectivity index (χ4v) is 2.80. The number of aliphatic hydroxyl groups excluding tert-OH is 2. The van der Waals surface area contributed by atoms with Gasteiger partial charge in [-0.2, -0.15) is 5.26 Å². The zero-order valence-corrected chi connectivity index (χ0v) is 13.1. The molecule has 2 aromatic rings. The van der Waals surface area contributed by atoms with E-state index in [-0.39, 0.29) is 0 Å². The zero-order chi connectivity index (χ0) is 17.1. The summed E-state index contributed by atoms with van der Waals surface area (Å²) in [4.78, 5) is 8.12. The molecule has 1 aliphatic rings. The van der Waals surface area contributed by atoms with E-state index in [0.717, 1.165) is 5.69 Å². The first-order chi connectivity index (χ1) is 11.6. The van der Waals surface area contributed by atoms with E-state index in [1.807, 2.05) is 6.92 Å². The lowest BCUT2D eigenvalue weighted by atomic mass is 10.2. The molecule has 0 radical (unpaired) electrons. The van der Waals surface area contributed by atoms with Crippen molar-refractivity contribution in [3.05, 3.63) is 47.9 Å². The third-order valence-electron chi connectivity index (χ3n) is 4.05. The Labute approximate surface area is 139 Å². The Morgan fingerprint density at radius 1 is 1.25 bits per heavy atom. The standard InChI is InChI=1S/C17H18N4O3/c1-10-6-15(20-9-19-10)21-12-7-14(17(23)16(12)22)24-13-5-3-2-4-11(13)8-18/h2-6,9,12,14,16-17,22-23H,7H2,1H3,(H,19,20,21)/t12-,14+,16+,17-/m1/s1. The van der Waals surface area contributed by atoms with Crippen LogP contribution in [0.15, 0.2) is 36.7 Å². The van der Waals surface area contributed by atoms with Crippen LogP contribution in [0.25, 0.3) is 0 Å². The minimum atomic E-state index is -1.06. The molecule has 1 aliphatic carbocycles. The second kappa shape index (κ2) is 6.83. The van der Waals surface area contributed by atoms with Crippen molar-refractivity contribution >= 4 is 5.82 Å². The number of hydrogen-bond acceptors (Lipinski definition) is 7. The van der Waals surface area contributed by atoms with Gasteiger partial charge in [0.15, 0.2) is 0 Å². The second-order valence-electron chi connectivity index (χ2n) is 5.78. The first-order valence-corrected chi connectivity index (χ1v) is 7.65. The molecule has 0 unspecified atom stereocenters. The number of nitrogens with one attached hydrogen (secondary N) is 1. The number of aliphatic hydroxyl groups is 2. The van der Waals surface area contributed by atoms with Gasteiger partial charge in [0, 0.05) is 18.2 Å². The van der Waals surface area contributed by atoms with Gasteiger partial charge in [0.05, 0.1) is 11.6 Å². The number of nitrogens with zero attached hydrogens (tertiary/aromatic N) is 3. The number of anilines is 1. The molecular weight excluding hydrogens is 308 g/mol. The smallest absolute Gasteiger partial charge is 0.137 e. The fraction of sp³-hybridized carbons (Fsp3) is 0.353. The summed E-state index contributed by atoms with van der Waals surface area (Å²) in [5.74, 6) is 0.978. The van der Waals surface area contributed by atoms with Crippen LogP contribution in [0.2, 0.25) is 0 Å². The number of aryl methyl sites for hydroxylation is 1. The molecule has 7 nitrogen and oxygen atoms in total. The van der Waals surface area contributed by atoms with Crippen molar-refractivity contribution in [2.45, 2.75) is 37.7 Å². The Bertz CT molecular complexity index is 761. The summed E-state index contributed by atoms with van der Waals surface area (Å²) in [5.41, 5.74) is 1.19. The third-order valence-corrected chi connectivity index (χ3v) is 4.05. The number of benzene rings is 1. The molecule has 1 fully saturated rings. The SMILES string of the molecule is Cc1cc(N[C@@H]2C[C@H](Oc3ccccc3C#N)[C@@H](O)[C@H]2O)ncn1. The average molecular weight is 326 g/mol. The molecule has 3 rings (SSSR count). The largest absolute Gasteiger partial charge is 0.486 e. The van der Waals surface area contributed by atoms with Crippen molar-refractivity contribution in [3.8, 4) is 11.8 Å². The normalized spacial score (nSPS) is 25.9. The van der Waals surface area contributed by atoms with Crippen molar-refractivity contribution in [1.29, 1.82) is 5.26 Å². The number of nitriles is 1. The van der Waals surface area contributed by atoms with Crippen molar-refractivity contribution in [1.82, 2.24) is 9.97 Å². The minimum absolute atomic E-state index is 0.380. The highest BCUT2D eigenvalue weighted by molar-refractivity contribution is 5.43. The van der Waals surface area contributed by atoms with Crippen LogP contribution in [0.5, 0.6) is 5.75 Å². The molecule has 4 atom stereocenters. The Kier molecular flexibility index (Phi) is 4.60. The van der Waals surface area contributed by atoms with E-state index in [2.05, 4.69) is 21.4 Å². The van der Waals surface area contributed by atoms with Gasteiger partial charge >= 0.3 is 0 Å². The second-order valence-corrected chi connectivity index (χ2v) is 5.78. The molecule has 1 saturated carbocycles. The summed E-state index contributed by atoms with van der Waals surface area (Å²) < 4.78 is 5.77. The van der Waals surface area contributed by atoms with Crippen molar-refractivity contribution in [3.63, 3.8) is 0 Å². The monoisotopic (exact) mass is 326 g/mol. The molecule has 0 spiro atoms. The van der Waals surface area contributed by atoms with E-state index in [9.17, 15) is 10.2 Å². The lowest BCUT2D eigenvalue weighted by Crippen LogP contribution is -2.37. The van der Waals surface area contributed by atoms with Crippen molar-refractivity contribution < 1.29 is 14.9 Å². The Balaban J connectivity index is 1.72. The first kappa shape index (κ1) is 16.2. The molecule has 0 aliphatic heterocycles. The van der Waals surface area contributed by atoms with Gasteiger partial charge in [0.25, 0.3) is 0 Å². The van der Waals surface area contributed by atoms with E-state index < -0.39 is 24.4 Å². The summed E-state index contributed by atoms with van der Waals surface area (Å²) in [6, 6.07) is 10.2. The van der Waals surface area contributed by atoms with Gasteiger partial charge in [0.2, 0.25) is 0 Å². The molecule has 7 heteroatoms. The first-order valence-electron chi connectivity index (χ1n) is 7.65. The van der Waals surface area contributed by atoms with E-state index >= 15 is 0 Å². The van der Waals surface area contributed by atoms with Crippen LogP contribution in [-0.4, -0.2) is 44.5 Å². The van der Waals surface area contributed by atoms with Crippen LogP contribution in [0.4, 0.5) is 5.82 Å². The summed E-state index contributed by atoms with van der Waals surface area (Å²) in [6.45, 7) is 1.84. The fourth-order valence-electron chi connectivity index (χ4n) is 2.80. The van der Waals surface area contributed by atoms with E-state index in [4.69, 9.17) is 10.00 Å². The predicted molar refractivity (Wildman–Crippen MR) is 86.4 cm³/mol. The highest BCUT2D eigenvalue weighted by atomic mass is 16.5. The molecule has 0 bridgehead atoms. The topological polar surface area (TPSA) is 111 Å². The molecule has 24 heavy (non-hydrogen) atoms. The van der Waals surface area contributed by atoms with Crippen molar-refractivity contribution in [2.24, 2.45) is 0 Å². The van der Waals surface area contributed by atoms with Gasteiger partial charge in [0.1, 0.15) is 42.3 Å². The Morgan fingerprint density at radius 3 is 2.79 bits per heavy atom. The van der Waals surface area contributed by atoms with Gasteiger partial charge < -0.3 is 20.3 Å². The number of aromatic nitrogens is 2. The molecule has 1 heterocycles. The number of ether oxygens (including phenoxy) is 1. The summed E-state index contributed by atoms with van der Waals surface area (Å²) in [5, 5.41) is 32.7. The molecule has 0 saturated heterocycles. The van der Waals surface area contributed by atoms with E-state index in [0.29, 0.717) is 23.6 Å². The molecule has 124 valence electrons. The number of para-hydroxylation sites is 1. The van der Waals surface area contributed by atoms with Crippen LogP contribution in [0, 0.1) is 18.3 Å². The van der Waals surface area contributed by atoms with E-state index in [1.165, 1.54) is 6.33 Å².